The van der Waals surface area contributed by atoms with Gasteiger partial charge in [0.15, 0.2) is 5.13 Å². The number of ether oxygens (including phenoxy) is 1. The van der Waals surface area contributed by atoms with Gasteiger partial charge < -0.3 is 10.1 Å². The smallest absolute Gasteiger partial charge is 0.306 e. The standard InChI is InChI=1S/C14H14F2N2O2S/c1-2-20-13(19)4-3-11-8-21-14(17-11)18-12-6-9(15)5-10(16)7-12/h5-8H,2-4H2,1H3,(H,17,18). The highest BCUT2D eigenvalue weighted by molar-refractivity contribution is 7.13. The molecule has 0 bridgehead atoms. The van der Waals surface area contributed by atoms with E-state index in [9.17, 15) is 13.6 Å². The molecule has 0 unspecified atom stereocenters. The topological polar surface area (TPSA) is 51.2 Å². The first-order chi connectivity index (χ1) is 10.1. The molecular formula is C14H14F2N2O2S. The zero-order chi connectivity index (χ0) is 15.2. The second-order valence-corrected chi connectivity index (χ2v) is 5.09. The van der Waals surface area contributed by atoms with Gasteiger partial charge in [0.1, 0.15) is 11.6 Å². The predicted molar refractivity (Wildman–Crippen MR) is 76.7 cm³/mol. The van der Waals surface area contributed by atoms with Crippen molar-refractivity contribution in [2.75, 3.05) is 11.9 Å². The molecule has 0 fully saturated rings. The van der Waals surface area contributed by atoms with E-state index in [0.29, 0.717) is 23.8 Å². The zero-order valence-electron chi connectivity index (χ0n) is 11.4. The van der Waals surface area contributed by atoms with Crippen LogP contribution in [0.5, 0.6) is 0 Å². The van der Waals surface area contributed by atoms with Crippen molar-refractivity contribution in [3.8, 4) is 0 Å². The van der Waals surface area contributed by atoms with Gasteiger partial charge >= 0.3 is 5.97 Å². The Balaban J connectivity index is 1.95. The van der Waals surface area contributed by atoms with Gasteiger partial charge in [0.25, 0.3) is 0 Å². The lowest BCUT2D eigenvalue weighted by Gasteiger charge is -2.03. The lowest BCUT2D eigenvalue weighted by Crippen LogP contribution is -2.05. The van der Waals surface area contributed by atoms with Crippen LogP contribution in [0.4, 0.5) is 19.6 Å². The van der Waals surface area contributed by atoms with Crippen molar-refractivity contribution in [2.45, 2.75) is 19.8 Å². The van der Waals surface area contributed by atoms with Crippen LogP contribution in [0, 0.1) is 11.6 Å². The number of carbonyl (C=O) groups is 1. The molecule has 112 valence electrons. The molecule has 2 rings (SSSR count). The van der Waals surface area contributed by atoms with E-state index in [-0.39, 0.29) is 12.4 Å². The molecule has 7 heteroatoms. The Morgan fingerprint density at radius 3 is 2.71 bits per heavy atom. The minimum Gasteiger partial charge on any atom is -0.466 e. The summed E-state index contributed by atoms with van der Waals surface area (Å²) in [6.45, 7) is 2.11. The van der Waals surface area contributed by atoms with Crippen molar-refractivity contribution in [3.63, 3.8) is 0 Å². The molecule has 0 saturated heterocycles. The molecule has 0 aliphatic rings. The number of nitrogens with one attached hydrogen (secondary N) is 1. The summed E-state index contributed by atoms with van der Waals surface area (Å²) in [5, 5.41) is 5.13. The van der Waals surface area contributed by atoms with E-state index >= 15 is 0 Å². The van der Waals surface area contributed by atoms with Crippen LogP contribution in [0.1, 0.15) is 19.0 Å². The molecule has 0 saturated carbocycles. The number of aromatic nitrogens is 1. The summed E-state index contributed by atoms with van der Waals surface area (Å²) in [4.78, 5) is 15.5. The summed E-state index contributed by atoms with van der Waals surface area (Å²) in [5.74, 6) is -1.58. The van der Waals surface area contributed by atoms with Crippen LogP contribution in [0.2, 0.25) is 0 Å². The number of aryl methyl sites for hydroxylation is 1. The molecule has 1 aromatic heterocycles. The third-order valence-corrected chi connectivity index (χ3v) is 3.36. The number of thiazole rings is 1. The quantitative estimate of drug-likeness (QED) is 0.827. The fraction of sp³-hybridized carbons (Fsp3) is 0.286. The van der Waals surface area contributed by atoms with Crippen LogP contribution >= 0.6 is 11.3 Å². The summed E-state index contributed by atoms with van der Waals surface area (Å²) in [6, 6.07) is 3.17. The van der Waals surface area contributed by atoms with E-state index in [1.807, 2.05) is 0 Å². The van der Waals surface area contributed by atoms with Crippen molar-refractivity contribution in [2.24, 2.45) is 0 Å². The van der Waals surface area contributed by atoms with Gasteiger partial charge in [-0.3, -0.25) is 4.79 Å². The van der Waals surface area contributed by atoms with Crippen LogP contribution in [0.3, 0.4) is 0 Å². The van der Waals surface area contributed by atoms with Crippen LogP contribution in [0.15, 0.2) is 23.6 Å². The molecule has 1 N–H and O–H groups in total. The first-order valence-corrected chi connectivity index (χ1v) is 7.28. The van der Waals surface area contributed by atoms with Crippen molar-refractivity contribution in [3.05, 3.63) is 40.9 Å². The summed E-state index contributed by atoms with van der Waals surface area (Å²) >= 11 is 1.30. The Bertz CT molecular complexity index is 611. The van der Waals surface area contributed by atoms with Gasteiger partial charge in [-0.25, -0.2) is 13.8 Å². The monoisotopic (exact) mass is 312 g/mol. The zero-order valence-corrected chi connectivity index (χ0v) is 12.2. The number of halogens is 2. The summed E-state index contributed by atoms with van der Waals surface area (Å²) in [7, 11) is 0. The first-order valence-electron chi connectivity index (χ1n) is 6.40. The molecule has 0 aliphatic carbocycles. The van der Waals surface area contributed by atoms with E-state index in [1.165, 1.54) is 23.5 Å². The molecule has 0 aliphatic heterocycles. The van der Waals surface area contributed by atoms with E-state index in [1.54, 1.807) is 12.3 Å². The average Bonchev–Trinajstić information content (AvgIpc) is 2.83. The summed E-state index contributed by atoms with van der Waals surface area (Å²) in [6.07, 6.45) is 0.722. The number of hydrogen-bond acceptors (Lipinski definition) is 5. The van der Waals surface area contributed by atoms with Gasteiger partial charge in [-0.2, -0.15) is 0 Å². The second kappa shape index (κ2) is 7.12. The average molecular weight is 312 g/mol. The largest absolute Gasteiger partial charge is 0.466 e. The highest BCUT2D eigenvalue weighted by Gasteiger charge is 2.07. The number of hydrogen-bond donors (Lipinski definition) is 1. The maximum Gasteiger partial charge on any atom is 0.306 e. The van der Waals surface area contributed by atoms with Gasteiger partial charge in [0, 0.05) is 23.6 Å². The van der Waals surface area contributed by atoms with Gasteiger partial charge in [-0.1, -0.05) is 0 Å². The van der Waals surface area contributed by atoms with Gasteiger partial charge in [-0.05, 0) is 19.1 Å². The minimum absolute atomic E-state index is 0.256. The number of benzene rings is 1. The molecule has 4 nitrogen and oxygen atoms in total. The SMILES string of the molecule is CCOC(=O)CCc1csc(Nc2cc(F)cc(F)c2)n1. The number of rotatable bonds is 6. The van der Waals surface area contributed by atoms with Crippen LogP contribution < -0.4 is 5.32 Å². The molecule has 0 spiro atoms. The number of nitrogens with zero attached hydrogens (tertiary/aromatic N) is 1. The van der Waals surface area contributed by atoms with E-state index in [4.69, 9.17) is 4.74 Å². The van der Waals surface area contributed by atoms with Crippen molar-refractivity contribution in [1.29, 1.82) is 0 Å². The molecular weight excluding hydrogens is 298 g/mol. The number of esters is 1. The Labute approximate surface area is 124 Å². The lowest BCUT2D eigenvalue weighted by atomic mass is 10.2. The summed E-state index contributed by atoms with van der Waals surface area (Å²) < 4.78 is 31.0. The fourth-order valence-corrected chi connectivity index (χ4v) is 2.46. The molecule has 2 aromatic rings. The maximum absolute atomic E-state index is 13.1. The van der Waals surface area contributed by atoms with Gasteiger partial charge in [0.05, 0.1) is 18.7 Å². The van der Waals surface area contributed by atoms with Gasteiger partial charge in [-0.15, -0.1) is 11.3 Å². The highest BCUT2D eigenvalue weighted by Crippen LogP contribution is 2.23. The molecule has 0 amide bonds. The Morgan fingerprint density at radius 1 is 1.33 bits per heavy atom. The summed E-state index contributed by atoms with van der Waals surface area (Å²) in [5.41, 5.74) is 1.02. The first kappa shape index (κ1) is 15.4. The Kier molecular flexibility index (Phi) is 5.21. The van der Waals surface area contributed by atoms with E-state index in [0.717, 1.165) is 11.8 Å². The second-order valence-electron chi connectivity index (χ2n) is 4.23. The third-order valence-electron chi connectivity index (χ3n) is 2.56. The maximum atomic E-state index is 13.1. The third kappa shape index (κ3) is 4.78. The van der Waals surface area contributed by atoms with Crippen LogP contribution in [-0.4, -0.2) is 17.6 Å². The van der Waals surface area contributed by atoms with Crippen LogP contribution in [-0.2, 0) is 16.0 Å². The Morgan fingerprint density at radius 2 is 2.05 bits per heavy atom. The predicted octanol–water partition coefficient (Wildman–Crippen LogP) is 3.66. The normalized spacial score (nSPS) is 10.4. The molecule has 1 heterocycles. The van der Waals surface area contributed by atoms with Gasteiger partial charge in [0.2, 0.25) is 0 Å². The van der Waals surface area contributed by atoms with E-state index < -0.39 is 11.6 Å². The van der Waals surface area contributed by atoms with E-state index in [2.05, 4.69) is 10.3 Å². The van der Waals surface area contributed by atoms with Crippen molar-refractivity contribution >= 4 is 28.1 Å². The van der Waals surface area contributed by atoms with Crippen molar-refractivity contribution < 1.29 is 18.3 Å². The highest BCUT2D eigenvalue weighted by atomic mass is 32.1. The van der Waals surface area contributed by atoms with Crippen LogP contribution in [0.25, 0.3) is 0 Å². The lowest BCUT2D eigenvalue weighted by molar-refractivity contribution is -0.143. The Hall–Kier alpha value is -2.02. The molecule has 21 heavy (non-hydrogen) atoms. The minimum atomic E-state index is -0.656. The fourth-order valence-electron chi connectivity index (χ4n) is 1.69. The number of anilines is 2. The molecule has 1 aromatic carbocycles. The molecule has 0 radical (unpaired) electrons. The van der Waals surface area contributed by atoms with Crippen molar-refractivity contribution in [1.82, 2.24) is 4.98 Å². The molecule has 0 atom stereocenters. The number of carbonyl (C=O) groups excluding carboxylic acids is 1.